The number of anilines is 2. The van der Waals surface area contributed by atoms with Gasteiger partial charge in [0.15, 0.2) is 0 Å². The van der Waals surface area contributed by atoms with E-state index in [-0.39, 0.29) is 11.7 Å². The van der Waals surface area contributed by atoms with Crippen LogP contribution in [0.1, 0.15) is 39.3 Å². The van der Waals surface area contributed by atoms with Crippen molar-refractivity contribution in [3.8, 4) is 5.82 Å². The molecule has 4 rings (SSSR count). The fourth-order valence-electron chi connectivity index (χ4n) is 3.43. The number of nitro benzene ring substituents is 1. The largest absolute Gasteiger partial charge is 0.444 e. The Morgan fingerprint density at radius 2 is 1.94 bits per heavy atom. The zero-order chi connectivity index (χ0) is 25.2. The van der Waals surface area contributed by atoms with Crippen molar-refractivity contribution in [2.75, 3.05) is 10.6 Å². The first-order valence-corrected chi connectivity index (χ1v) is 10.9. The van der Waals surface area contributed by atoms with E-state index >= 15 is 0 Å². The summed E-state index contributed by atoms with van der Waals surface area (Å²) in [6, 6.07) is 13.3. The van der Waals surface area contributed by atoms with Gasteiger partial charge in [0.1, 0.15) is 17.7 Å². The minimum Gasteiger partial charge on any atom is -0.444 e. The SMILES string of the molecule is C[C@H](Nc1nccc(-n2cnc3cc(NC(=O)OC(C)(C)C)ccc32)n1)c1cccc([N+](=O)[O-])c1. The molecule has 0 aliphatic rings. The maximum atomic E-state index is 12.1. The quantitative estimate of drug-likeness (QED) is 0.285. The number of hydrogen-bond acceptors (Lipinski definition) is 8. The second kappa shape index (κ2) is 9.37. The molecule has 0 radical (unpaired) electrons. The molecule has 0 bridgehead atoms. The van der Waals surface area contributed by atoms with Gasteiger partial charge in [0.05, 0.1) is 22.0 Å². The van der Waals surface area contributed by atoms with E-state index in [0.717, 1.165) is 11.1 Å². The topological polar surface area (TPSA) is 137 Å². The Labute approximate surface area is 201 Å². The molecule has 0 aliphatic heterocycles. The lowest BCUT2D eigenvalue weighted by molar-refractivity contribution is -0.384. The van der Waals surface area contributed by atoms with E-state index in [2.05, 4.69) is 25.6 Å². The molecule has 11 nitrogen and oxygen atoms in total. The molecule has 180 valence electrons. The van der Waals surface area contributed by atoms with Crippen molar-refractivity contribution >= 4 is 34.4 Å². The predicted octanol–water partition coefficient (Wildman–Crippen LogP) is 5.24. The van der Waals surface area contributed by atoms with Crippen LogP contribution in [0.15, 0.2) is 61.1 Å². The lowest BCUT2D eigenvalue weighted by Crippen LogP contribution is -2.27. The highest BCUT2D eigenvalue weighted by Gasteiger charge is 2.17. The molecular formula is C24H25N7O4. The first kappa shape index (κ1) is 23.6. The normalized spacial score (nSPS) is 12.2. The maximum absolute atomic E-state index is 12.1. The number of carbonyl (C=O) groups excluding carboxylic acids is 1. The molecule has 0 aliphatic carbocycles. The summed E-state index contributed by atoms with van der Waals surface area (Å²) >= 11 is 0. The third-order valence-corrected chi connectivity index (χ3v) is 5.01. The van der Waals surface area contributed by atoms with E-state index in [1.807, 2.05) is 13.0 Å². The summed E-state index contributed by atoms with van der Waals surface area (Å²) in [6.07, 6.45) is 2.72. The number of hydrogen-bond donors (Lipinski definition) is 2. The van der Waals surface area contributed by atoms with Crippen LogP contribution in [0.3, 0.4) is 0 Å². The number of imidazole rings is 1. The van der Waals surface area contributed by atoms with Gasteiger partial charge in [0.25, 0.3) is 5.69 Å². The number of nitrogens with zero attached hydrogens (tertiary/aromatic N) is 5. The number of carbonyl (C=O) groups is 1. The Hall–Kier alpha value is -4.54. The van der Waals surface area contributed by atoms with Crippen LogP contribution in [0, 0.1) is 10.1 Å². The Kier molecular flexibility index (Phi) is 6.32. The van der Waals surface area contributed by atoms with Crippen molar-refractivity contribution in [2.45, 2.75) is 39.3 Å². The van der Waals surface area contributed by atoms with E-state index in [4.69, 9.17) is 4.74 Å². The first-order valence-electron chi connectivity index (χ1n) is 10.9. The lowest BCUT2D eigenvalue weighted by Gasteiger charge is -2.19. The second-order valence-corrected chi connectivity index (χ2v) is 8.90. The summed E-state index contributed by atoms with van der Waals surface area (Å²) in [7, 11) is 0. The van der Waals surface area contributed by atoms with Crippen molar-refractivity contribution < 1.29 is 14.5 Å². The number of rotatable bonds is 6. The number of amides is 1. The monoisotopic (exact) mass is 475 g/mol. The molecule has 0 saturated heterocycles. The summed E-state index contributed by atoms with van der Waals surface area (Å²) in [5, 5.41) is 17.0. The Morgan fingerprint density at radius 3 is 2.69 bits per heavy atom. The molecule has 2 aromatic heterocycles. The van der Waals surface area contributed by atoms with Crippen LogP contribution in [0.2, 0.25) is 0 Å². The summed E-state index contributed by atoms with van der Waals surface area (Å²) < 4.78 is 7.09. The number of nitrogens with one attached hydrogen (secondary N) is 2. The number of non-ortho nitro benzene ring substituents is 1. The summed E-state index contributed by atoms with van der Waals surface area (Å²) in [4.78, 5) is 36.0. The van der Waals surface area contributed by atoms with E-state index in [9.17, 15) is 14.9 Å². The highest BCUT2D eigenvalue weighted by Crippen LogP contribution is 2.24. The number of nitro groups is 1. The average Bonchev–Trinajstić information content (AvgIpc) is 3.21. The molecule has 4 aromatic rings. The Balaban J connectivity index is 1.53. The van der Waals surface area contributed by atoms with Crippen LogP contribution in [-0.2, 0) is 4.74 Å². The molecule has 2 heterocycles. The molecule has 35 heavy (non-hydrogen) atoms. The third kappa shape index (κ3) is 5.69. The van der Waals surface area contributed by atoms with Gasteiger partial charge in [0, 0.05) is 24.0 Å². The van der Waals surface area contributed by atoms with E-state index in [1.165, 1.54) is 12.1 Å². The second-order valence-electron chi connectivity index (χ2n) is 8.90. The maximum Gasteiger partial charge on any atom is 0.412 e. The van der Waals surface area contributed by atoms with Crippen molar-refractivity contribution in [1.29, 1.82) is 0 Å². The number of aromatic nitrogens is 4. The summed E-state index contributed by atoms with van der Waals surface area (Å²) in [5.74, 6) is 0.954. The minimum atomic E-state index is -0.596. The summed E-state index contributed by atoms with van der Waals surface area (Å²) in [6.45, 7) is 7.27. The highest BCUT2D eigenvalue weighted by molar-refractivity contribution is 5.89. The highest BCUT2D eigenvalue weighted by atomic mass is 16.6. The molecule has 1 amide bonds. The van der Waals surface area contributed by atoms with Gasteiger partial charge in [-0.3, -0.25) is 20.0 Å². The predicted molar refractivity (Wildman–Crippen MR) is 132 cm³/mol. The third-order valence-electron chi connectivity index (χ3n) is 5.01. The molecule has 2 N–H and O–H groups in total. The van der Waals surface area contributed by atoms with Gasteiger partial charge in [-0.1, -0.05) is 12.1 Å². The molecule has 0 unspecified atom stereocenters. The van der Waals surface area contributed by atoms with Crippen molar-refractivity contribution in [3.63, 3.8) is 0 Å². The van der Waals surface area contributed by atoms with E-state index in [1.54, 1.807) is 68.2 Å². The number of benzene rings is 2. The molecule has 11 heteroatoms. The molecule has 1 atom stereocenters. The van der Waals surface area contributed by atoms with Crippen LogP contribution in [0.5, 0.6) is 0 Å². The standard InChI is InChI=1S/C24H25N7O4/c1-15(16-6-5-7-18(12-16)31(33)34)27-22-25-11-10-21(29-22)30-14-26-19-13-17(8-9-20(19)30)28-23(32)35-24(2,3)4/h5-15H,1-4H3,(H,28,32)(H,25,27,29)/t15-/m0/s1. The van der Waals surface area contributed by atoms with Gasteiger partial charge in [-0.2, -0.15) is 4.98 Å². The Bertz CT molecular complexity index is 1390. The van der Waals surface area contributed by atoms with Gasteiger partial charge in [-0.15, -0.1) is 0 Å². The van der Waals surface area contributed by atoms with Crippen LogP contribution in [0.25, 0.3) is 16.9 Å². The van der Waals surface area contributed by atoms with Crippen LogP contribution < -0.4 is 10.6 Å². The zero-order valence-corrected chi connectivity index (χ0v) is 19.7. The van der Waals surface area contributed by atoms with Crippen molar-refractivity contribution in [2.24, 2.45) is 0 Å². The fourth-order valence-corrected chi connectivity index (χ4v) is 3.43. The van der Waals surface area contributed by atoms with Crippen LogP contribution in [0.4, 0.5) is 22.1 Å². The smallest absolute Gasteiger partial charge is 0.412 e. The minimum absolute atomic E-state index is 0.0243. The van der Waals surface area contributed by atoms with Crippen molar-refractivity contribution in [1.82, 2.24) is 19.5 Å². The van der Waals surface area contributed by atoms with Crippen molar-refractivity contribution in [3.05, 3.63) is 76.7 Å². The van der Waals surface area contributed by atoms with Gasteiger partial charge < -0.3 is 10.1 Å². The van der Waals surface area contributed by atoms with Crippen LogP contribution in [-0.4, -0.2) is 36.1 Å². The number of fused-ring (bicyclic) bond motifs is 1. The molecule has 2 aromatic carbocycles. The van der Waals surface area contributed by atoms with Gasteiger partial charge in [-0.25, -0.2) is 14.8 Å². The van der Waals surface area contributed by atoms with Gasteiger partial charge in [-0.05, 0) is 57.5 Å². The molecular weight excluding hydrogens is 450 g/mol. The molecule has 0 spiro atoms. The average molecular weight is 476 g/mol. The van der Waals surface area contributed by atoms with Gasteiger partial charge in [0.2, 0.25) is 5.95 Å². The lowest BCUT2D eigenvalue weighted by atomic mass is 10.1. The fraction of sp³-hybridized carbons (Fsp3) is 0.250. The van der Waals surface area contributed by atoms with E-state index in [0.29, 0.717) is 23.0 Å². The molecule has 0 fully saturated rings. The number of ether oxygens (including phenoxy) is 1. The first-order chi connectivity index (χ1) is 16.6. The molecule has 0 saturated carbocycles. The van der Waals surface area contributed by atoms with Crippen LogP contribution >= 0.6 is 0 Å². The zero-order valence-electron chi connectivity index (χ0n) is 19.7. The van der Waals surface area contributed by atoms with Gasteiger partial charge >= 0.3 is 6.09 Å². The Morgan fingerprint density at radius 1 is 1.14 bits per heavy atom. The summed E-state index contributed by atoms with van der Waals surface area (Å²) in [5.41, 5.74) is 2.18. The van der Waals surface area contributed by atoms with E-state index < -0.39 is 16.6 Å².